The highest BCUT2D eigenvalue weighted by Gasteiger charge is 2.24. The zero-order valence-electron chi connectivity index (χ0n) is 12.1. The third-order valence-corrected chi connectivity index (χ3v) is 4.58. The Kier molecular flexibility index (Phi) is 5.31. The highest BCUT2D eigenvalue weighted by molar-refractivity contribution is 7.09. The molecule has 0 aliphatic heterocycles. The van der Waals surface area contributed by atoms with Gasteiger partial charge in [0.15, 0.2) is 0 Å². The first-order valence-electron chi connectivity index (χ1n) is 7.09. The third-order valence-electron chi connectivity index (χ3n) is 3.79. The first kappa shape index (κ1) is 15.2. The molecule has 0 radical (unpaired) electrons. The Balaban J connectivity index is 1.86. The molecule has 1 heterocycles. The zero-order valence-corrected chi connectivity index (χ0v) is 12.9. The SMILES string of the molecule is Cc1nc(/C=C/C(=O)N(C)CC2CCCCC2O)cs1. The molecule has 1 aromatic rings. The van der Waals surface area contributed by atoms with Gasteiger partial charge in [-0.05, 0) is 25.8 Å². The molecule has 1 N–H and O–H groups in total. The fourth-order valence-corrected chi connectivity index (χ4v) is 3.16. The van der Waals surface area contributed by atoms with Crippen LogP contribution in [0.4, 0.5) is 0 Å². The maximum atomic E-state index is 12.0. The number of carbonyl (C=O) groups excluding carboxylic acids is 1. The Morgan fingerprint density at radius 2 is 2.30 bits per heavy atom. The van der Waals surface area contributed by atoms with Crippen LogP contribution in [0.3, 0.4) is 0 Å². The molecule has 1 saturated carbocycles. The molecule has 0 spiro atoms. The molecule has 0 aromatic carbocycles. The van der Waals surface area contributed by atoms with Crippen molar-refractivity contribution in [2.45, 2.75) is 38.7 Å². The van der Waals surface area contributed by atoms with Crippen molar-refractivity contribution < 1.29 is 9.90 Å². The minimum Gasteiger partial charge on any atom is -0.393 e. The molecule has 110 valence electrons. The Hall–Kier alpha value is -1.20. The fraction of sp³-hybridized carbons (Fsp3) is 0.600. The maximum Gasteiger partial charge on any atom is 0.246 e. The van der Waals surface area contributed by atoms with Gasteiger partial charge >= 0.3 is 0 Å². The summed E-state index contributed by atoms with van der Waals surface area (Å²) in [4.78, 5) is 18.0. The normalized spacial score (nSPS) is 23.1. The van der Waals surface area contributed by atoms with Crippen LogP contribution < -0.4 is 0 Å². The van der Waals surface area contributed by atoms with Crippen molar-refractivity contribution in [2.75, 3.05) is 13.6 Å². The summed E-state index contributed by atoms with van der Waals surface area (Å²) in [5.41, 5.74) is 0.826. The van der Waals surface area contributed by atoms with Crippen molar-refractivity contribution in [3.05, 3.63) is 22.2 Å². The van der Waals surface area contributed by atoms with Crippen LogP contribution in [0, 0.1) is 12.8 Å². The van der Waals surface area contributed by atoms with E-state index in [0.29, 0.717) is 6.54 Å². The van der Waals surface area contributed by atoms with Gasteiger partial charge in [-0.3, -0.25) is 4.79 Å². The number of aryl methyl sites for hydroxylation is 1. The molecule has 0 saturated heterocycles. The molecule has 5 heteroatoms. The van der Waals surface area contributed by atoms with E-state index in [1.807, 2.05) is 12.3 Å². The van der Waals surface area contributed by atoms with E-state index in [9.17, 15) is 9.90 Å². The zero-order chi connectivity index (χ0) is 14.5. The first-order chi connectivity index (χ1) is 9.56. The largest absolute Gasteiger partial charge is 0.393 e. The smallest absolute Gasteiger partial charge is 0.246 e. The van der Waals surface area contributed by atoms with Crippen LogP contribution in [-0.2, 0) is 4.79 Å². The second-order valence-electron chi connectivity index (χ2n) is 5.46. The van der Waals surface area contributed by atoms with E-state index in [2.05, 4.69) is 4.98 Å². The van der Waals surface area contributed by atoms with Crippen LogP contribution in [0.15, 0.2) is 11.5 Å². The van der Waals surface area contributed by atoms with Crippen molar-refractivity contribution in [3.63, 3.8) is 0 Å². The molecular formula is C15H22N2O2S. The monoisotopic (exact) mass is 294 g/mol. The van der Waals surface area contributed by atoms with Gasteiger partial charge in [-0.2, -0.15) is 0 Å². The van der Waals surface area contributed by atoms with Crippen molar-refractivity contribution in [1.29, 1.82) is 0 Å². The molecule has 2 unspecified atom stereocenters. The quantitative estimate of drug-likeness (QED) is 0.868. The van der Waals surface area contributed by atoms with Crippen LogP contribution in [0.25, 0.3) is 6.08 Å². The number of hydrogen-bond acceptors (Lipinski definition) is 4. The van der Waals surface area contributed by atoms with Gasteiger partial charge in [0, 0.05) is 31.0 Å². The summed E-state index contributed by atoms with van der Waals surface area (Å²) in [6.45, 7) is 2.57. The molecule has 1 fully saturated rings. The summed E-state index contributed by atoms with van der Waals surface area (Å²) in [7, 11) is 1.79. The summed E-state index contributed by atoms with van der Waals surface area (Å²) in [6.07, 6.45) is 7.16. The van der Waals surface area contributed by atoms with Crippen LogP contribution in [-0.4, -0.2) is 40.6 Å². The second-order valence-corrected chi connectivity index (χ2v) is 6.52. The molecule has 2 atom stereocenters. The molecule has 4 nitrogen and oxygen atoms in total. The Labute approximate surface area is 124 Å². The van der Waals surface area contributed by atoms with Crippen molar-refractivity contribution >= 4 is 23.3 Å². The Morgan fingerprint density at radius 3 is 2.95 bits per heavy atom. The summed E-state index contributed by atoms with van der Waals surface area (Å²) in [5, 5.41) is 12.9. The molecule has 20 heavy (non-hydrogen) atoms. The van der Waals surface area contributed by atoms with E-state index in [1.165, 1.54) is 0 Å². The van der Waals surface area contributed by atoms with Gasteiger partial charge < -0.3 is 10.0 Å². The number of amides is 1. The predicted octanol–water partition coefficient (Wildman–Crippen LogP) is 2.47. The van der Waals surface area contributed by atoms with Crippen molar-refractivity contribution in [3.8, 4) is 0 Å². The van der Waals surface area contributed by atoms with E-state index in [0.717, 1.165) is 36.4 Å². The average molecular weight is 294 g/mol. The van der Waals surface area contributed by atoms with Crippen LogP contribution >= 0.6 is 11.3 Å². The highest BCUT2D eigenvalue weighted by Crippen LogP contribution is 2.24. The molecule has 1 aromatic heterocycles. The summed E-state index contributed by atoms with van der Waals surface area (Å²) < 4.78 is 0. The van der Waals surface area contributed by atoms with Gasteiger partial charge in [0.1, 0.15) is 0 Å². The second kappa shape index (κ2) is 6.99. The van der Waals surface area contributed by atoms with Gasteiger partial charge in [-0.15, -0.1) is 11.3 Å². The molecule has 1 aliphatic rings. The minimum atomic E-state index is -0.260. The van der Waals surface area contributed by atoms with Gasteiger partial charge in [-0.25, -0.2) is 4.98 Å². The number of hydrogen-bond donors (Lipinski definition) is 1. The Morgan fingerprint density at radius 1 is 1.55 bits per heavy atom. The number of carbonyl (C=O) groups is 1. The molecule has 1 amide bonds. The van der Waals surface area contributed by atoms with Crippen LogP contribution in [0.1, 0.15) is 36.4 Å². The first-order valence-corrected chi connectivity index (χ1v) is 7.97. The standard InChI is InChI=1S/C15H22N2O2S/c1-11-16-13(10-20-11)7-8-15(19)17(2)9-12-5-3-4-6-14(12)18/h7-8,10,12,14,18H,3-6,9H2,1-2H3/b8-7+. The van der Waals surface area contributed by atoms with E-state index >= 15 is 0 Å². The number of aliphatic hydroxyl groups is 1. The van der Waals surface area contributed by atoms with Crippen LogP contribution in [0.2, 0.25) is 0 Å². The third kappa shape index (κ3) is 4.15. The molecule has 2 rings (SSSR count). The maximum absolute atomic E-state index is 12.0. The topological polar surface area (TPSA) is 53.4 Å². The molecule has 0 bridgehead atoms. The van der Waals surface area contributed by atoms with Crippen LogP contribution in [0.5, 0.6) is 0 Å². The molecule has 1 aliphatic carbocycles. The number of aliphatic hydroxyl groups excluding tert-OH is 1. The lowest BCUT2D eigenvalue weighted by Gasteiger charge is -2.30. The predicted molar refractivity (Wildman–Crippen MR) is 81.5 cm³/mol. The van der Waals surface area contributed by atoms with Gasteiger partial charge in [-0.1, -0.05) is 12.8 Å². The van der Waals surface area contributed by atoms with Gasteiger partial charge in [0.25, 0.3) is 0 Å². The highest BCUT2D eigenvalue weighted by atomic mass is 32.1. The molecular weight excluding hydrogens is 272 g/mol. The van der Waals surface area contributed by atoms with E-state index in [4.69, 9.17) is 0 Å². The van der Waals surface area contributed by atoms with Crippen molar-refractivity contribution in [1.82, 2.24) is 9.88 Å². The lowest BCUT2D eigenvalue weighted by Crippen LogP contribution is -2.37. The summed E-state index contributed by atoms with van der Waals surface area (Å²) in [5.74, 6) is 0.182. The van der Waals surface area contributed by atoms with Gasteiger partial charge in [0.05, 0.1) is 16.8 Å². The van der Waals surface area contributed by atoms with E-state index in [-0.39, 0.29) is 17.9 Å². The Bertz CT molecular complexity index is 484. The summed E-state index contributed by atoms with van der Waals surface area (Å²) >= 11 is 1.57. The van der Waals surface area contributed by atoms with E-state index < -0.39 is 0 Å². The van der Waals surface area contributed by atoms with Crippen molar-refractivity contribution in [2.24, 2.45) is 5.92 Å². The average Bonchev–Trinajstić information content (AvgIpc) is 2.84. The minimum absolute atomic E-state index is 0.0339. The lowest BCUT2D eigenvalue weighted by atomic mass is 9.86. The number of aromatic nitrogens is 1. The summed E-state index contributed by atoms with van der Waals surface area (Å²) in [6, 6.07) is 0. The fourth-order valence-electron chi connectivity index (χ4n) is 2.58. The number of thiazole rings is 1. The number of likely N-dealkylation sites (N-methyl/N-ethyl adjacent to an activating group) is 1. The lowest BCUT2D eigenvalue weighted by molar-refractivity contribution is -0.126. The number of nitrogens with zero attached hydrogens (tertiary/aromatic N) is 2. The van der Waals surface area contributed by atoms with Gasteiger partial charge in [0.2, 0.25) is 5.91 Å². The number of rotatable bonds is 4. The van der Waals surface area contributed by atoms with E-state index in [1.54, 1.807) is 35.4 Å².